The van der Waals surface area contributed by atoms with Gasteiger partial charge < -0.3 is 5.11 Å². The summed E-state index contributed by atoms with van der Waals surface area (Å²) in [7, 11) is 0. The first-order valence-electron chi connectivity index (χ1n) is 6.00. The fraction of sp³-hybridized carbons (Fsp3) is 0.333. The molecule has 0 radical (unpaired) electrons. The van der Waals surface area contributed by atoms with Crippen molar-refractivity contribution in [3.8, 4) is 11.3 Å². The van der Waals surface area contributed by atoms with E-state index in [1.807, 2.05) is 0 Å². The zero-order valence-electron chi connectivity index (χ0n) is 11.0. The maximum Gasteiger partial charge on any atom is 0.419 e. The van der Waals surface area contributed by atoms with Gasteiger partial charge in [0.25, 0.3) is 0 Å². The van der Waals surface area contributed by atoms with E-state index in [0.29, 0.717) is 16.8 Å². The molecule has 11 heteroatoms. The van der Waals surface area contributed by atoms with Gasteiger partial charge in [0.2, 0.25) is 0 Å². The Morgan fingerprint density at radius 2 is 1.78 bits per heavy atom. The second kappa shape index (κ2) is 5.80. The topological polar surface area (TPSA) is 50.9 Å². The van der Waals surface area contributed by atoms with Gasteiger partial charge in [0.05, 0.1) is 18.3 Å². The van der Waals surface area contributed by atoms with Gasteiger partial charge in [0.15, 0.2) is 6.10 Å². The molecule has 23 heavy (non-hydrogen) atoms. The van der Waals surface area contributed by atoms with E-state index in [-0.39, 0.29) is 11.3 Å². The molecule has 1 atom stereocenters. The standard InChI is InChI=1S/C12H8F7N3O/c13-8-2-1-6(3-7(8)11(14,15)16)9-4-22(21-20-9)5-10(23)12(17,18)19/h1-4,10,23H,5H2. The van der Waals surface area contributed by atoms with Gasteiger partial charge >= 0.3 is 12.4 Å². The van der Waals surface area contributed by atoms with Gasteiger partial charge in [-0.15, -0.1) is 5.10 Å². The quantitative estimate of drug-likeness (QED) is 0.872. The summed E-state index contributed by atoms with van der Waals surface area (Å²) in [4.78, 5) is 0. The lowest BCUT2D eigenvalue weighted by Crippen LogP contribution is -2.32. The molecular formula is C12H8F7N3O. The van der Waals surface area contributed by atoms with Crippen LogP contribution in [0.25, 0.3) is 11.3 Å². The molecule has 4 nitrogen and oxygen atoms in total. The van der Waals surface area contributed by atoms with Gasteiger partial charge in [-0.25, -0.2) is 9.07 Å². The molecule has 0 bridgehead atoms. The number of benzene rings is 1. The summed E-state index contributed by atoms with van der Waals surface area (Å²) in [5.41, 5.74) is -1.89. The van der Waals surface area contributed by atoms with E-state index in [1.54, 1.807) is 0 Å². The van der Waals surface area contributed by atoms with Crippen molar-refractivity contribution < 1.29 is 35.8 Å². The summed E-state index contributed by atoms with van der Waals surface area (Å²) in [6.07, 6.45) is -11.6. The van der Waals surface area contributed by atoms with E-state index >= 15 is 0 Å². The Bertz CT molecular complexity index is 693. The summed E-state index contributed by atoms with van der Waals surface area (Å²) < 4.78 is 88.3. The van der Waals surface area contributed by atoms with Crippen LogP contribution in [0.5, 0.6) is 0 Å². The van der Waals surface area contributed by atoms with Crippen LogP contribution < -0.4 is 0 Å². The Morgan fingerprint density at radius 1 is 1.13 bits per heavy atom. The summed E-state index contributed by atoms with van der Waals surface area (Å²) in [6.45, 7) is -0.968. The van der Waals surface area contributed by atoms with E-state index in [1.165, 1.54) is 0 Å². The predicted octanol–water partition coefficient (Wildman–Crippen LogP) is 3.03. The molecule has 1 aromatic carbocycles. The maximum absolute atomic E-state index is 13.2. The van der Waals surface area contributed by atoms with Crippen molar-refractivity contribution in [2.75, 3.05) is 0 Å². The SMILES string of the molecule is OC(Cn1cc(-c2ccc(F)c(C(F)(F)F)c2)nn1)C(F)(F)F. The maximum atomic E-state index is 13.2. The Hall–Kier alpha value is -2.17. The highest BCUT2D eigenvalue weighted by molar-refractivity contribution is 5.59. The molecule has 0 amide bonds. The van der Waals surface area contributed by atoms with Crippen molar-refractivity contribution in [1.29, 1.82) is 0 Å². The second-order valence-electron chi connectivity index (χ2n) is 4.58. The highest BCUT2D eigenvalue weighted by Crippen LogP contribution is 2.33. The minimum Gasteiger partial charge on any atom is -0.382 e. The van der Waals surface area contributed by atoms with E-state index in [2.05, 4.69) is 10.3 Å². The van der Waals surface area contributed by atoms with Crippen molar-refractivity contribution in [2.45, 2.75) is 25.0 Å². The third kappa shape index (κ3) is 3.97. The monoisotopic (exact) mass is 343 g/mol. The number of hydrogen-bond acceptors (Lipinski definition) is 3. The molecule has 126 valence electrons. The molecule has 1 N–H and O–H groups in total. The molecule has 0 fully saturated rings. The lowest BCUT2D eigenvalue weighted by atomic mass is 10.1. The Kier molecular flexibility index (Phi) is 4.33. The molecule has 0 saturated carbocycles. The highest BCUT2D eigenvalue weighted by atomic mass is 19.4. The van der Waals surface area contributed by atoms with E-state index < -0.39 is 36.4 Å². The van der Waals surface area contributed by atoms with Gasteiger partial charge in [0.1, 0.15) is 11.5 Å². The van der Waals surface area contributed by atoms with Crippen LogP contribution in [0.4, 0.5) is 30.7 Å². The molecule has 1 unspecified atom stereocenters. The van der Waals surface area contributed by atoms with E-state index in [9.17, 15) is 30.7 Å². The fourth-order valence-corrected chi connectivity index (χ4v) is 1.70. The molecular weight excluding hydrogens is 335 g/mol. The molecule has 0 saturated heterocycles. The van der Waals surface area contributed by atoms with E-state index in [4.69, 9.17) is 5.11 Å². The summed E-state index contributed by atoms with van der Waals surface area (Å²) in [5.74, 6) is -1.49. The Morgan fingerprint density at radius 3 is 2.35 bits per heavy atom. The average molecular weight is 343 g/mol. The Balaban J connectivity index is 2.28. The number of alkyl halides is 6. The van der Waals surface area contributed by atoms with Crippen LogP contribution in [0.1, 0.15) is 5.56 Å². The van der Waals surface area contributed by atoms with Crippen LogP contribution in [0.3, 0.4) is 0 Å². The highest BCUT2D eigenvalue weighted by Gasteiger charge is 2.38. The number of hydrogen-bond donors (Lipinski definition) is 1. The van der Waals surface area contributed by atoms with Crippen LogP contribution >= 0.6 is 0 Å². The van der Waals surface area contributed by atoms with Gasteiger partial charge in [0, 0.05) is 5.56 Å². The number of nitrogens with zero attached hydrogens (tertiary/aromatic N) is 3. The number of aromatic nitrogens is 3. The lowest BCUT2D eigenvalue weighted by Gasteiger charge is -2.13. The molecule has 0 spiro atoms. The third-order valence-electron chi connectivity index (χ3n) is 2.84. The van der Waals surface area contributed by atoms with Crippen molar-refractivity contribution >= 4 is 0 Å². The van der Waals surface area contributed by atoms with Crippen molar-refractivity contribution in [1.82, 2.24) is 15.0 Å². The van der Waals surface area contributed by atoms with Gasteiger partial charge in [-0.3, -0.25) is 0 Å². The fourth-order valence-electron chi connectivity index (χ4n) is 1.70. The number of rotatable bonds is 3. The number of halogens is 7. The van der Waals surface area contributed by atoms with Crippen LogP contribution in [0, 0.1) is 5.82 Å². The van der Waals surface area contributed by atoms with Crippen LogP contribution in [-0.4, -0.2) is 32.4 Å². The zero-order valence-corrected chi connectivity index (χ0v) is 11.0. The summed E-state index contributed by atoms with van der Waals surface area (Å²) in [5, 5.41) is 15.6. The summed E-state index contributed by atoms with van der Waals surface area (Å²) in [6, 6.07) is 2.03. The van der Waals surface area contributed by atoms with Gasteiger partial charge in [-0.05, 0) is 18.2 Å². The molecule has 0 aliphatic heterocycles. The third-order valence-corrected chi connectivity index (χ3v) is 2.84. The second-order valence-corrected chi connectivity index (χ2v) is 4.58. The average Bonchev–Trinajstić information content (AvgIpc) is 2.85. The number of aliphatic hydroxyl groups is 1. The van der Waals surface area contributed by atoms with Crippen molar-refractivity contribution in [3.05, 3.63) is 35.8 Å². The van der Waals surface area contributed by atoms with E-state index in [0.717, 1.165) is 12.3 Å². The van der Waals surface area contributed by atoms with Gasteiger partial charge in [-0.2, -0.15) is 26.3 Å². The molecule has 0 aliphatic carbocycles. The predicted molar refractivity (Wildman–Crippen MR) is 62.5 cm³/mol. The molecule has 0 aliphatic rings. The van der Waals surface area contributed by atoms with Crippen molar-refractivity contribution in [3.63, 3.8) is 0 Å². The largest absolute Gasteiger partial charge is 0.419 e. The molecule has 2 aromatic rings. The van der Waals surface area contributed by atoms with Crippen LogP contribution in [0.15, 0.2) is 24.4 Å². The van der Waals surface area contributed by atoms with Crippen LogP contribution in [0.2, 0.25) is 0 Å². The minimum atomic E-state index is -4.93. The molecule has 1 aromatic heterocycles. The molecule has 2 rings (SSSR count). The minimum absolute atomic E-state index is 0.175. The van der Waals surface area contributed by atoms with Crippen molar-refractivity contribution in [2.24, 2.45) is 0 Å². The first kappa shape index (κ1) is 17.2. The smallest absolute Gasteiger partial charge is 0.382 e. The number of aliphatic hydroxyl groups excluding tert-OH is 1. The first-order chi connectivity index (χ1) is 10.5. The first-order valence-corrected chi connectivity index (χ1v) is 6.00. The van der Waals surface area contributed by atoms with Gasteiger partial charge in [-0.1, -0.05) is 5.21 Å². The normalized spacial score (nSPS) is 14.1. The summed E-state index contributed by atoms with van der Waals surface area (Å²) >= 11 is 0. The molecule has 1 heterocycles. The van der Waals surface area contributed by atoms with Crippen LogP contribution in [-0.2, 0) is 12.7 Å². The lowest BCUT2D eigenvalue weighted by molar-refractivity contribution is -0.208. The Labute approximate surface area is 124 Å². The zero-order chi connectivity index (χ0) is 17.4.